The molecule has 0 aliphatic heterocycles. The van der Waals surface area contributed by atoms with E-state index in [0.717, 1.165) is 22.4 Å². The summed E-state index contributed by atoms with van der Waals surface area (Å²) in [7, 11) is 1.95. The zero-order valence-corrected chi connectivity index (χ0v) is 12.1. The molecule has 0 amide bonds. The van der Waals surface area contributed by atoms with Gasteiger partial charge in [0.2, 0.25) is 0 Å². The minimum absolute atomic E-state index is 0.191. The maximum atomic E-state index is 11.1. The first-order valence-corrected chi connectivity index (χ1v) is 6.85. The van der Waals surface area contributed by atoms with Crippen molar-refractivity contribution in [2.75, 3.05) is 0 Å². The van der Waals surface area contributed by atoms with Crippen molar-refractivity contribution in [3.8, 4) is 0 Å². The first-order valence-electron chi connectivity index (χ1n) is 6.47. The Morgan fingerprint density at radius 3 is 2.76 bits per heavy atom. The lowest BCUT2D eigenvalue weighted by atomic mass is 10.1. The Labute approximate surface area is 126 Å². The molecule has 0 saturated carbocycles. The Kier molecular flexibility index (Phi) is 3.39. The van der Waals surface area contributed by atoms with Gasteiger partial charge >= 0.3 is 5.97 Å². The molecular weight excluding hydrogens is 288 g/mol. The van der Waals surface area contributed by atoms with Gasteiger partial charge in [-0.25, -0.2) is 9.78 Å². The molecule has 0 unspecified atom stereocenters. The van der Waals surface area contributed by atoms with Crippen molar-refractivity contribution in [1.29, 1.82) is 0 Å². The van der Waals surface area contributed by atoms with Crippen LogP contribution in [0.1, 0.15) is 21.7 Å². The molecule has 21 heavy (non-hydrogen) atoms. The fraction of sp³-hybridized carbons (Fsp3) is 0.125. The Hall–Kier alpha value is -2.33. The van der Waals surface area contributed by atoms with Crippen molar-refractivity contribution in [2.45, 2.75) is 6.42 Å². The molecule has 1 heterocycles. The van der Waals surface area contributed by atoms with Crippen LogP contribution in [0.15, 0.2) is 42.5 Å². The van der Waals surface area contributed by atoms with Gasteiger partial charge in [-0.2, -0.15) is 0 Å². The van der Waals surface area contributed by atoms with Crippen LogP contribution in [0.3, 0.4) is 0 Å². The molecule has 1 aromatic heterocycles. The molecule has 0 radical (unpaired) electrons. The Balaban J connectivity index is 2.02. The fourth-order valence-electron chi connectivity index (χ4n) is 2.41. The highest BCUT2D eigenvalue weighted by Crippen LogP contribution is 2.20. The topological polar surface area (TPSA) is 55.1 Å². The van der Waals surface area contributed by atoms with E-state index in [9.17, 15) is 4.79 Å². The SMILES string of the molecule is Cn1c(Cc2cc(Cl)cc(C(=O)O)c2)nc2ccccc21. The molecule has 2 aromatic carbocycles. The van der Waals surface area contributed by atoms with Gasteiger partial charge in [0, 0.05) is 18.5 Å². The second-order valence-corrected chi connectivity index (χ2v) is 5.34. The predicted molar refractivity (Wildman–Crippen MR) is 81.9 cm³/mol. The molecule has 0 atom stereocenters. The minimum atomic E-state index is -0.983. The van der Waals surface area contributed by atoms with Crippen molar-refractivity contribution in [1.82, 2.24) is 9.55 Å². The lowest BCUT2D eigenvalue weighted by Crippen LogP contribution is -2.02. The number of aryl methyl sites for hydroxylation is 1. The third-order valence-corrected chi connectivity index (χ3v) is 3.66. The summed E-state index contributed by atoms with van der Waals surface area (Å²) in [6, 6.07) is 12.7. The highest BCUT2D eigenvalue weighted by molar-refractivity contribution is 6.31. The summed E-state index contributed by atoms with van der Waals surface area (Å²) >= 11 is 5.99. The lowest BCUT2D eigenvalue weighted by Gasteiger charge is -2.05. The van der Waals surface area contributed by atoms with Gasteiger partial charge in [-0.15, -0.1) is 0 Å². The molecule has 4 nitrogen and oxygen atoms in total. The van der Waals surface area contributed by atoms with Crippen LogP contribution in [0.25, 0.3) is 11.0 Å². The Morgan fingerprint density at radius 1 is 1.29 bits per heavy atom. The van der Waals surface area contributed by atoms with Gasteiger partial charge in [0.1, 0.15) is 5.82 Å². The van der Waals surface area contributed by atoms with Crippen LogP contribution in [-0.2, 0) is 13.5 Å². The molecule has 0 bridgehead atoms. The fourth-order valence-corrected chi connectivity index (χ4v) is 2.67. The molecule has 3 aromatic rings. The molecule has 0 aliphatic rings. The van der Waals surface area contributed by atoms with Gasteiger partial charge in [-0.3, -0.25) is 0 Å². The number of carboxylic acid groups (broad SMARTS) is 1. The quantitative estimate of drug-likeness (QED) is 0.805. The number of rotatable bonds is 3. The molecule has 0 aliphatic carbocycles. The van der Waals surface area contributed by atoms with Gasteiger partial charge in [0.15, 0.2) is 0 Å². The summed E-state index contributed by atoms with van der Waals surface area (Å²) in [4.78, 5) is 15.7. The summed E-state index contributed by atoms with van der Waals surface area (Å²) in [6.45, 7) is 0. The van der Waals surface area contributed by atoms with Crippen LogP contribution in [0.2, 0.25) is 5.02 Å². The first kappa shape index (κ1) is 13.6. The van der Waals surface area contributed by atoms with Crippen molar-refractivity contribution in [3.05, 3.63) is 64.4 Å². The van der Waals surface area contributed by atoms with Gasteiger partial charge in [0.25, 0.3) is 0 Å². The number of carboxylic acids is 1. The zero-order valence-electron chi connectivity index (χ0n) is 11.4. The number of halogens is 1. The molecule has 5 heteroatoms. The van der Waals surface area contributed by atoms with E-state index in [1.54, 1.807) is 12.1 Å². The molecular formula is C16H13ClN2O2. The van der Waals surface area contributed by atoms with E-state index in [4.69, 9.17) is 16.7 Å². The smallest absolute Gasteiger partial charge is 0.335 e. The highest BCUT2D eigenvalue weighted by atomic mass is 35.5. The van der Waals surface area contributed by atoms with E-state index in [1.165, 1.54) is 6.07 Å². The van der Waals surface area contributed by atoms with E-state index < -0.39 is 5.97 Å². The van der Waals surface area contributed by atoms with Crippen LogP contribution >= 0.6 is 11.6 Å². The second-order valence-electron chi connectivity index (χ2n) is 4.91. The van der Waals surface area contributed by atoms with Crippen molar-refractivity contribution < 1.29 is 9.90 Å². The predicted octanol–water partition coefficient (Wildman–Crippen LogP) is 3.52. The molecule has 0 saturated heterocycles. The molecule has 106 valence electrons. The average molecular weight is 301 g/mol. The standard InChI is InChI=1S/C16H13ClN2O2/c1-19-14-5-3-2-4-13(14)18-15(19)8-10-6-11(16(20)21)9-12(17)7-10/h2-7,9H,8H2,1H3,(H,20,21). The number of aromatic nitrogens is 2. The number of benzene rings is 2. The summed E-state index contributed by atoms with van der Waals surface area (Å²) in [6.07, 6.45) is 0.534. The van der Waals surface area contributed by atoms with E-state index in [0.29, 0.717) is 11.4 Å². The minimum Gasteiger partial charge on any atom is -0.478 e. The maximum Gasteiger partial charge on any atom is 0.335 e. The highest BCUT2D eigenvalue weighted by Gasteiger charge is 2.11. The number of carbonyl (C=O) groups is 1. The van der Waals surface area contributed by atoms with E-state index >= 15 is 0 Å². The number of para-hydroxylation sites is 2. The molecule has 0 fully saturated rings. The number of imidazole rings is 1. The van der Waals surface area contributed by atoms with E-state index in [-0.39, 0.29) is 5.56 Å². The number of fused-ring (bicyclic) bond motifs is 1. The summed E-state index contributed by atoms with van der Waals surface area (Å²) < 4.78 is 2.01. The lowest BCUT2D eigenvalue weighted by molar-refractivity contribution is 0.0696. The third-order valence-electron chi connectivity index (χ3n) is 3.45. The van der Waals surface area contributed by atoms with E-state index in [2.05, 4.69) is 4.98 Å². The molecule has 1 N–H and O–H groups in total. The molecule has 3 rings (SSSR count). The van der Waals surface area contributed by atoms with Gasteiger partial charge in [-0.1, -0.05) is 23.7 Å². The first-order chi connectivity index (χ1) is 10.0. The van der Waals surface area contributed by atoms with Crippen LogP contribution < -0.4 is 0 Å². The van der Waals surface area contributed by atoms with Crippen LogP contribution in [0.5, 0.6) is 0 Å². The van der Waals surface area contributed by atoms with Crippen LogP contribution in [0, 0.1) is 0 Å². The van der Waals surface area contributed by atoms with Crippen LogP contribution in [0.4, 0.5) is 0 Å². The van der Waals surface area contributed by atoms with Gasteiger partial charge < -0.3 is 9.67 Å². The maximum absolute atomic E-state index is 11.1. The Morgan fingerprint density at radius 2 is 2.05 bits per heavy atom. The summed E-state index contributed by atoms with van der Waals surface area (Å²) in [5.41, 5.74) is 3.00. The number of aromatic carboxylic acids is 1. The zero-order chi connectivity index (χ0) is 15.0. The number of hydrogen-bond donors (Lipinski definition) is 1. The largest absolute Gasteiger partial charge is 0.478 e. The second kappa shape index (κ2) is 5.22. The Bertz CT molecular complexity index is 839. The number of hydrogen-bond acceptors (Lipinski definition) is 2. The monoisotopic (exact) mass is 300 g/mol. The van der Waals surface area contributed by atoms with Crippen LogP contribution in [-0.4, -0.2) is 20.6 Å². The van der Waals surface area contributed by atoms with Crippen molar-refractivity contribution in [2.24, 2.45) is 7.05 Å². The molecule has 0 spiro atoms. The number of nitrogens with zero attached hydrogens (tertiary/aromatic N) is 2. The van der Waals surface area contributed by atoms with Crippen molar-refractivity contribution in [3.63, 3.8) is 0 Å². The normalized spacial score (nSPS) is 11.0. The van der Waals surface area contributed by atoms with Gasteiger partial charge in [0.05, 0.1) is 16.6 Å². The van der Waals surface area contributed by atoms with E-state index in [1.807, 2.05) is 35.9 Å². The summed E-state index contributed by atoms with van der Waals surface area (Å²) in [5.74, 6) is -0.112. The van der Waals surface area contributed by atoms with Crippen molar-refractivity contribution >= 4 is 28.6 Å². The average Bonchev–Trinajstić information content (AvgIpc) is 2.75. The summed E-state index contributed by atoms with van der Waals surface area (Å²) in [5, 5.41) is 9.51. The third kappa shape index (κ3) is 2.62. The van der Waals surface area contributed by atoms with Gasteiger partial charge in [-0.05, 0) is 35.9 Å².